The fourth-order valence-corrected chi connectivity index (χ4v) is 4.07. The number of carbonyl (C=O) groups is 1. The van der Waals surface area contributed by atoms with Gasteiger partial charge in [-0.1, -0.05) is 28.8 Å². The summed E-state index contributed by atoms with van der Waals surface area (Å²) in [6, 6.07) is 10.5. The Kier molecular flexibility index (Phi) is 5.67. The van der Waals surface area contributed by atoms with Gasteiger partial charge in [-0.15, -0.1) is 0 Å². The lowest BCUT2D eigenvalue weighted by Gasteiger charge is -2.16. The summed E-state index contributed by atoms with van der Waals surface area (Å²) < 4.78 is 7.95. The first kappa shape index (κ1) is 19.6. The molecule has 29 heavy (non-hydrogen) atoms. The van der Waals surface area contributed by atoms with Crippen molar-refractivity contribution in [1.29, 1.82) is 0 Å². The third kappa shape index (κ3) is 4.05. The number of hydrogen-bond donors (Lipinski definition) is 1. The molecular weight excluding hydrogens is 434 g/mol. The Labute approximate surface area is 177 Å². The molecule has 7 heteroatoms. The predicted molar refractivity (Wildman–Crippen MR) is 117 cm³/mol. The van der Waals surface area contributed by atoms with Crippen molar-refractivity contribution in [2.75, 3.05) is 12.4 Å². The van der Waals surface area contributed by atoms with Gasteiger partial charge in [-0.05, 0) is 49.2 Å². The topological polar surface area (TPSA) is 73.2 Å². The highest BCUT2D eigenvalue weighted by molar-refractivity contribution is 9.10. The fourth-order valence-electron chi connectivity index (χ4n) is 3.71. The summed E-state index contributed by atoms with van der Waals surface area (Å²) in [6.07, 6.45) is 5.11. The summed E-state index contributed by atoms with van der Waals surface area (Å²) in [5.41, 5.74) is 1.56. The van der Waals surface area contributed by atoms with Crippen molar-refractivity contribution < 1.29 is 9.53 Å². The van der Waals surface area contributed by atoms with Crippen LogP contribution in [0.1, 0.15) is 41.9 Å². The first-order valence-corrected chi connectivity index (χ1v) is 10.5. The number of anilines is 1. The van der Waals surface area contributed by atoms with E-state index >= 15 is 0 Å². The molecular formula is C22H22BrN3O3. The van der Waals surface area contributed by atoms with Crippen LogP contribution in [0.25, 0.3) is 10.9 Å². The summed E-state index contributed by atoms with van der Waals surface area (Å²) in [6.45, 7) is 0.710. The number of aromatic nitrogens is 2. The maximum atomic E-state index is 12.9. The molecule has 0 aliphatic carbocycles. The Morgan fingerprint density at radius 2 is 1.97 bits per heavy atom. The molecule has 1 aliphatic rings. The van der Waals surface area contributed by atoms with Crippen molar-refractivity contribution in [3.8, 4) is 5.75 Å². The number of methoxy groups -OCH3 is 1. The van der Waals surface area contributed by atoms with Crippen LogP contribution in [0.5, 0.6) is 5.75 Å². The number of amides is 1. The molecule has 1 aromatic heterocycles. The van der Waals surface area contributed by atoms with Crippen LogP contribution in [0, 0.1) is 0 Å². The van der Waals surface area contributed by atoms with E-state index in [1.54, 1.807) is 42.0 Å². The summed E-state index contributed by atoms with van der Waals surface area (Å²) in [7, 11) is 1.56. The minimum absolute atomic E-state index is 0.0208. The number of rotatable bonds is 3. The molecule has 0 saturated heterocycles. The summed E-state index contributed by atoms with van der Waals surface area (Å²) in [5, 5.41) is 3.42. The van der Waals surface area contributed by atoms with Crippen molar-refractivity contribution in [1.82, 2.24) is 9.55 Å². The minimum atomic E-state index is -0.281. The molecule has 0 bridgehead atoms. The Hall–Kier alpha value is -2.67. The van der Waals surface area contributed by atoms with E-state index in [0.717, 1.165) is 42.4 Å². The molecule has 3 aromatic rings. The van der Waals surface area contributed by atoms with Gasteiger partial charge in [0.1, 0.15) is 11.6 Å². The number of ether oxygens (including phenoxy) is 1. The normalized spacial score (nSPS) is 14.0. The van der Waals surface area contributed by atoms with E-state index in [2.05, 4.69) is 21.2 Å². The van der Waals surface area contributed by atoms with Gasteiger partial charge in [0.15, 0.2) is 0 Å². The van der Waals surface area contributed by atoms with Crippen LogP contribution in [0.3, 0.4) is 0 Å². The van der Waals surface area contributed by atoms with Gasteiger partial charge in [0.05, 0.1) is 23.7 Å². The van der Waals surface area contributed by atoms with Gasteiger partial charge in [-0.2, -0.15) is 0 Å². The van der Waals surface area contributed by atoms with Crippen molar-refractivity contribution in [3.63, 3.8) is 0 Å². The summed E-state index contributed by atoms with van der Waals surface area (Å²) in [5.74, 6) is 1.10. The Morgan fingerprint density at radius 3 is 2.79 bits per heavy atom. The van der Waals surface area contributed by atoms with Crippen molar-refractivity contribution in [2.45, 2.75) is 38.6 Å². The molecule has 6 nitrogen and oxygen atoms in total. The first-order valence-electron chi connectivity index (χ1n) is 9.75. The average molecular weight is 456 g/mol. The molecule has 1 amide bonds. The van der Waals surface area contributed by atoms with Crippen LogP contribution in [0.15, 0.2) is 45.7 Å². The molecule has 150 valence electrons. The minimum Gasteiger partial charge on any atom is -0.495 e. The van der Waals surface area contributed by atoms with Crippen LogP contribution in [0.2, 0.25) is 0 Å². The third-order valence-corrected chi connectivity index (χ3v) is 5.73. The molecule has 0 unspecified atom stereocenters. The molecule has 1 aliphatic heterocycles. The largest absolute Gasteiger partial charge is 0.495 e. The highest BCUT2D eigenvalue weighted by atomic mass is 79.9. The van der Waals surface area contributed by atoms with E-state index in [4.69, 9.17) is 9.72 Å². The van der Waals surface area contributed by atoms with E-state index in [1.165, 1.54) is 0 Å². The van der Waals surface area contributed by atoms with Crippen molar-refractivity contribution in [2.24, 2.45) is 0 Å². The van der Waals surface area contributed by atoms with Gasteiger partial charge in [0.2, 0.25) is 0 Å². The zero-order valence-corrected chi connectivity index (χ0v) is 17.8. The number of halogens is 1. The van der Waals surface area contributed by atoms with Crippen LogP contribution in [-0.4, -0.2) is 22.6 Å². The van der Waals surface area contributed by atoms with Crippen LogP contribution >= 0.6 is 15.9 Å². The zero-order chi connectivity index (χ0) is 20.4. The standard InChI is InChI=1S/C22H22BrN3O3/c1-29-19-10-8-15(23)13-18(19)25-21(27)14-7-9-16-17(12-14)24-20-6-4-2-3-5-11-26(20)22(16)28/h7-10,12-13H,2-6,11H2,1H3,(H,25,27). The molecule has 0 atom stereocenters. The number of fused-ring (bicyclic) bond motifs is 2. The third-order valence-electron chi connectivity index (χ3n) is 5.24. The Morgan fingerprint density at radius 1 is 1.14 bits per heavy atom. The van der Waals surface area contributed by atoms with Crippen molar-refractivity contribution in [3.05, 3.63) is 62.6 Å². The van der Waals surface area contributed by atoms with Crippen molar-refractivity contribution >= 4 is 38.4 Å². The van der Waals surface area contributed by atoms with Gasteiger partial charge in [-0.25, -0.2) is 4.98 Å². The second-order valence-electron chi connectivity index (χ2n) is 7.18. The molecule has 0 saturated carbocycles. The molecule has 0 spiro atoms. The maximum absolute atomic E-state index is 12.9. The quantitative estimate of drug-likeness (QED) is 0.629. The van der Waals surface area contributed by atoms with Gasteiger partial charge in [-0.3, -0.25) is 14.2 Å². The highest BCUT2D eigenvalue weighted by Gasteiger charge is 2.16. The van der Waals surface area contributed by atoms with Crippen LogP contribution in [-0.2, 0) is 13.0 Å². The number of carbonyl (C=O) groups excluding carboxylic acids is 1. The molecule has 0 fully saturated rings. The van der Waals surface area contributed by atoms with E-state index in [9.17, 15) is 9.59 Å². The van der Waals surface area contributed by atoms with E-state index in [-0.39, 0.29) is 11.5 Å². The lowest BCUT2D eigenvalue weighted by molar-refractivity contribution is 0.102. The summed E-state index contributed by atoms with van der Waals surface area (Å²) >= 11 is 3.41. The maximum Gasteiger partial charge on any atom is 0.261 e. The van der Waals surface area contributed by atoms with Gasteiger partial charge in [0.25, 0.3) is 11.5 Å². The van der Waals surface area contributed by atoms with Crippen LogP contribution < -0.4 is 15.6 Å². The second-order valence-corrected chi connectivity index (χ2v) is 8.10. The zero-order valence-electron chi connectivity index (χ0n) is 16.2. The lowest BCUT2D eigenvalue weighted by atomic mass is 10.1. The monoisotopic (exact) mass is 455 g/mol. The van der Waals surface area contributed by atoms with Gasteiger partial charge >= 0.3 is 0 Å². The molecule has 1 N–H and O–H groups in total. The molecule has 4 rings (SSSR count). The molecule has 0 radical (unpaired) electrons. The van der Waals surface area contributed by atoms with E-state index in [0.29, 0.717) is 34.4 Å². The Balaban J connectivity index is 1.70. The highest BCUT2D eigenvalue weighted by Crippen LogP contribution is 2.28. The van der Waals surface area contributed by atoms with Crippen LogP contribution in [0.4, 0.5) is 5.69 Å². The smallest absolute Gasteiger partial charge is 0.261 e. The fraction of sp³-hybridized carbons (Fsp3) is 0.318. The summed E-state index contributed by atoms with van der Waals surface area (Å²) in [4.78, 5) is 30.5. The second kappa shape index (κ2) is 8.37. The lowest BCUT2D eigenvalue weighted by Crippen LogP contribution is -2.26. The number of nitrogens with one attached hydrogen (secondary N) is 1. The Bertz CT molecular complexity index is 1140. The average Bonchev–Trinajstić information content (AvgIpc) is 2.69. The number of nitrogens with zero attached hydrogens (tertiary/aromatic N) is 2. The van der Waals surface area contributed by atoms with E-state index in [1.807, 2.05) is 6.07 Å². The van der Waals surface area contributed by atoms with E-state index < -0.39 is 0 Å². The van der Waals surface area contributed by atoms with Gasteiger partial charge in [0, 0.05) is 23.0 Å². The number of aryl methyl sites for hydroxylation is 1. The van der Waals surface area contributed by atoms with Gasteiger partial charge < -0.3 is 10.1 Å². The predicted octanol–water partition coefficient (Wildman–Crippen LogP) is 4.54. The molecule has 2 aromatic carbocycles. The number of benzene rings is 2. The number of hydrogen-bond acceptors (Lipinski definition) is 4. The first-order chi connectivity index (χ1) is 14.1. The molecule has 2 heterocycles. The SMILES string of the molecule is COc1ccc(Br)cc1NC(=O)c1ccc2c(=O)n3c(nc2c1)CCCCCC3.